The van der Waals surface area contributed by atoms with Crippen LogP contribution >= 0.6 is 0 Å². The number of alkyl halides is 6. The Balaban J connectivity index is 1.99. The maximum Gasteiger partial charge on any atom is 0.427 e. The number of sulfonamides is 1. The summed E-state index contributed by atoms with van der Waals surface area (Å²) in [5.41, 5.74) is -4.47. The molecule has 0 radical (unpaired) electrons. The minimum Gasteiger partial charge on any atom is -0.486 e. The topological polar surface area (TPSA) is 111 Å². The minimum absolute atomic E-state index is 0.00820. The number of carbonyl (C=O) groups is 2. The summed E-state index contributed by atoms with van der Waals surface area (Å²) in [5.74, 6) is -0.649. The van der Waals surface area contributed by atoms with E-state index in [0.717, 1.165) is 22.5 Å². The molecule has 2 aromatic carbocycles. The highest BCUT2D eigenvalue weighted by Gasteiger charge is 2.51. The molecule has 41 heavy (non-hydrogen) atoms. The number of hydrogen-bond donors (Lipinski definition) is 1. The Morgan fingerprint density at radius 2 is 1.76 bits per heavy atom. The van der Waals surface area contributed by atoms with Crippen molar-refractivity contribution in [3.63, 3.8) is 0 Å². The van der Waals surface area contributed by atoms with Gasteiger partial charge in [0.15, 0.2) is 0 Å². The fraction of sp³-hybridized carbons (Fsp3) is 0.440. The first kappa shape index (κ1) is 31.8. The smallest absolute Gasteiger partial charge is 0.427 e. The zero-order valence-corrected chi connectivity index (χ0v) is 22.7. The molecule has 0 saturated heterocycles. The summed E-state index contributed by atoms with van der Waals surface area (Å²) in [6.45, 7) is 2.53. The molecule has 0 aliphatic carbocycles. The van der Waals surface area contributed by atoms with Crippen LogP contribution in [-0.4, -0.2) is 51.5 Å². The van der Waals surface area contributed by atoms with E-state index in [1.165, 1.54) is 12.1 Å². The molecule has 226 valence electrons. The normalized spacial score (nSPS) is 15.9. The van der Waals surface area contributed by atoms with Crippen LogP contribution in [0.5, 0.6) is 5.75 Å². The predicted octanol–water partition coefficient (Wildman–Crippen LogP) is 5.89. The lowest BCUT2D eigenvalue weighted by Gasteiger charge is -2.36. The molecule has 0 spiro atoms. The van der Waals surface area contributed by atoms with Crippen LogP contribution in [0.15, 0.2) is 47.4 Å². The van der Waals surface area contributed by atoms with E-state index in [1.807, 2.05) is 0 Å². The van der Waals surface area contributed by atoms with E-state index in [4.69, 9.17) is 9.47 Å². The highest BCUT2D eigenvalue weighted by atomic mass is 32.2. The molecule has 1 amide bonds. The van der Waals surface area contributed by atoms with Crippen LogP contribution in [0.3, 0.4) is 0 Å². The van der Waals surface area contributed by atoms with Gasteiger partial charge < -0.3 is 14.2 Å². The number of ether oxygens (including phenoxy) is 3. The molecular formula is C25H26F6N2O7S. The molecule has 1 aliphatic heterocycles. The van der Waals surface area contributed by atoms with Crippen molar-refractivity contribution < 1.29 is 58.6 Å². The van der Waals surface area contributed by atoms with Crippen LogP contribution in [0, 0.1) is 0 Å². The van der Waals surface area contributed by atoms with Gasteiger partial charge in [-0.15, -0.1) is 0 Å². The fourth-order valence-electron chi connectivity index (χ4n) is 3.67. The molecule has 1 N–H and O–H groups in total. The number of esters is 1. The molecular weight excluding hydrogens is 586 g/mol. The first-order valence-electron chi connectivity index (χ1n) is 12.1. The zero-order valence-electron chi connectivity index (χ0n) is 21.9. The maximum absolute atomic E-state index is 13.6. The van der Waals surface area contributed by atoms with Gasteiger partial charge in [-0.05, 0) is 63.6 Å². The standard InChI is InChI=1S/C25H26F6N2O7S/c1-4-38-21(34)11-9-17-14-33(41(36,37)18-7-5-6-15(12-18)24(26,27)28)19-13-16(8-10-20(19)39-17)32-22(35)40-23(2,3)25(29,30)31/h5-8,10,12-13,17H,4,9,11,14H2,1-3H3,(H,32,35)/t17-/m0/s1. The van der Waals surface area contributed by atoms with Crippen LogP contribution < -0.4 is 14.4 Å². The number of nitrogens with zero attached hydrogens (tertiary/aromatic N) is 1. The van der Waals surface area contributed by atoms with Crippen LogP contribution in [0.1, 0.15) is 39.2 Å². The monoisotopic (exact) mass is 612 g/mol. The number of hydrogen-bond acceptors (Lipinski definition) is 7. The molecule has 9 nitrogen and oxygen atoms in total. The first-order chi connectivity index (χ1) is 18.8. The fourth-order valence-corrected chi connectivity index (χ4v) is 5.22. The summed E-state index contributed by atoms with van der Waals surface area (Å²) in [7, 11) is -4.69. The lowest BCUT2D eigenvalue weighted by molar-refractivity contribution is -0.242. The van der Waals surface area contributed by atoms with E-state index in [2.05, 4.69) is 10.1 Å². The largest absolute Gasteiger partial charge is 0.486 e. The molecule has 1 atom stereocenters. The van der Waals surface area contributed by atoms with E-state index in [9.17, 15) is 44.3 Å². The Bertz CT molecular complexity index is 1390. The quantitative estimate of drug-likeness (QED) is 0.292. The number of halogens is 6. The van der Waals surface area contributed by atoms with E-state index < -0.39 is 63.1 Å². The lowest BCUT2D eigenvalue weighted by Crippen LogP contribution is -2.44. The van der Waals surface area contributed by atoms with E-state index in [1.54, 1.807) is 6.92 Å². The average molecular weight is 613 g/mol. The number of carbonyl (C=O) groups excluding carboxylic acids is 2. The number of rotatable bonds is 8. The Hall–Kier alpha value is -3.69. The van der Waals surface area contributed by atoms with E-state index in [0.29, 0.717) is 26.0 Å². The molecule has 16 heteroatoms. The number of amides is 1. The molecule has 0 fully saturated rings. The van der Waals surface area contributed by atoms with Gasteiger partial charge in [0.2, 0.25) is 5.60 Å². The number of fused-ring (bicyclic) bond motifs is 1. The average Bonchev–Trinajstić information content (AvgIpc) is 2.85. The molecule has 1 heterocycles. The second kappa shape index (κ2) is 11.7. The molecule has 0 saturated carbocycles. The van der Waals surface area contributed by atoms with Crippen molar-refractivity contribution in [1.82, 2.24) is 0 Å². The van der Waals surface area contributed by atoms with Crippen LogP contribution in [0.4, 0.5) is 42.5 Å². The highest BCUT2D eigenvalue weighted by Crippen LogP contribution is 2.41. The van der Waals surface area contributed by atoms with Gasteiger partial charge in [0.1, 0.15) is 11.9 Å². The lowest BCUT2D eigenvalue weighted by atomic mass is 10.1. The Morgan fingerprint density at radius 3 is 2.37 bits per heavy atom. The molecule has 0 aromatic heterocycles. The maximum atomic E-state index is 13.6. The molecule has 2 aromatic rings. The molecule has 0 bridgehead atoms. The summed E-state index contributed by atoms with van der Waals surface area (Å²) in [4.78, 5) is 23.3. The van der Waals surface area contributed by atoms with Gasteiger partial charge in [-0.3, -0.25) is 14.4 Å². The zero-order chi connectivity index (χ0) is 30.8. The minimum atomic E-state index is -4.89. The predicted molar refractivity (Wildman–Crippen MR) is 133 cm³/mol. The van der Waals surface area contributed by atoms with E-state index >= 15 is 0 Å². The summed E-state index contributed by atoms with van der Waals surface area (Å²) < 4.78 is 122. The second-order valence-electron chi connectivity index (χ2n) is 9.35. The van der Waals surface area contributed by atoms with Crippen molar-refractivity contribution in [1.29, 1.82) is 0 Å². The Morgan fingerprint density at radius 1 is 1.07 bits per heavy atom. The van der Waals surface area contributed by atoms with Gasteiger partial charge in [-0.2, -0.15) is 26.3 Å². The molecule has 0 unspecified atom stereocenters. The second-order valence-corrected chi connectivity index (χ2v) is 11.2. The van der Waals surface area contributed by atoms with Gasteiger partial charge in [-0.1, -0.05) is 6.07 Å². The Labute approximate surface area is 231 Å². The van der Waals surface area contributed by atoms with E-state index in [-0.39, 0.29) is 36.6 Å². The first-order valence-corrected chi connectivity index (χ1v) is 13.5. The van der Waals surface area contributed by atoms with Gasteiger partial charge >= 0.3 is 24.4 Å². The molecule has 1 aliphatic rings. The third kappa shape index (κ3) is 7.54. The number of nitrogens with one attached hydrogen (secondary N) is 1. The van der Waals surface area contributed by atoms with Crippen molar-refractivity contribution in [2.75, 3.05) is 22.8 Å². The summed E-state index contributed by atoms with van der Waals surface area (Å²) in [6, 6.07) is 6.51. The van der Waals surface area contributed by atoms with Gasteiger partial charge in [0, 0.05) is 12.1 Å². The SMILES string of the molecule is CCOC(=O)CC[C@H]1CN(S(=O)(=O)c2cccc(C(F)(F)F)c2)c2cc(NC(=O)OC(C)(C)C(F)(F)F)ccc2O1. The van der Waals surface area contributed by atoms with Crippen molar-refractivity contribution in [2.45, 2.75) is 62.6 Å². The van der Waals surface area contributed by atoms with Crippen molar-refractivity contribution in [3.8, 4) is 5.75 Å². The summed E-state index contributed by atoms with van der Waals surface area (Å²) in [5, 5.41) is 2.08. The van der Waals surface area contributed by atoms with Crippen LogP contribution in [0.25, 0.3) is 0 Å². The van der Waals surface area contributed by atoms with Crippen LogP contribution in [-0.2, 0) is 30.5 Å². The van der Waals surface area contributed by atoms with Gasteiger partial charge in [0.05, 0.1) is 29.3 Å². The Kier molecular flexibility index (Phi) is 9.05. The van der Waals surface area contributed by atoms with Crippen LogP contribution in [0.2, 0.25) is 0 Å². The van der Waals surface area contributed by atoms with Gasteiger partial charge in [-0.25, -0.2) is 13.2 Å². The highest BCUT2D eigenvalue weighted by molar-refractivity contribution is 7.92. The van der Waals surface area contributed by atoms with Gasteiger partial charge in [0.25, 0.3) is 10.0 Å². The molecule has 3 rings (SSSR count). The van der Waals surface area contributed by atoms with Crippen molar-refractivity contribution in [2.24, 2.45) is 0 Å². The third-order valence-electron chi connectivity index (χ3n) is 5.89. The van der Waals surface area contributed by atoms with Crippen molar-refractivity contribution in [3.05, 3.63) is 48.0 Å². The number of benzene rings is 2. The summed E-state index contributed by atoms with van der Waals surface area (Å²) in [6.07, 6.45) is -12.3. The third-order valence-corrected chi connectivity index (χ3v) is 7.67. The summed E-state index contributed by atoms with van der Waals surface area (Å²) >= 11 is 0. The van der Waals surface area contributed by atoms with Crippen molar-refractivity contribution >= 4 is 33.5 Å². The number of anilines is 2.